The van der Waals surface area contributed by atoms with Crippen molar-refractivity contribution in [2.24, 2.45) is 0 Å². The molecular weight excluding hydrogens is 466 g/mol. The van der Waals surface area contributed by atoms with Gasteiger partial charge in [-0.05, 0) is 55.7 Å². The van der Waals surface area contributed by atoms with Crippen LogP contribution in [0.25, 0.3) is 11.3 Å². The average molecular weight is 485 g/mol. The van der Waals surface area contributed by atoms with Gasteiger partial charge >= 0.3 is 0 Å². The van der Waals surface area contributed by atoms with Crippen LogP contribution >= 0.6 is 34.5 Å². The topological polar surface area (TPSA) is 50.3 Å². The molecule has 0 radical (unpaired) electrons. The lowest BCUT2D eigenvalue weighted by atomic mass is 10.1. The normalized spacial score (nSPS) is 15.5. The second-order valence-corrected chi connectivity index (χ2v) is 11.2. The van der Waals surface area contributed by atoms with Gasteiger partial charge in [-0.25, -0.2) is 17.8 Å². The molecule has 9 heteroatoms. The molecule has 1 saturated heterocycles. The van der Waals surface area contributed by atoms with Gasteiger partial charge in [0.05, 0.1) is 20.9 Å². The molecule has 0 aliphatic carbocycles. The van der Waals surface area contributed by atoms with E-state index in [1.165, 1.54) is 23.5 Å². The first-order valence-electron chi connectivity index (χ1n) is 9.41. The van der Waals surface area contributed by atoms with E-state index in [-0.39, 0.29) is 4.90 Å². The predicted octanol–water partition coefficient (Wildman–Crippen LogP) is 6.01. The molecule has 0 atom stereocenters. The van der Waals surface area contributed by atoms with Crippen molar-refractivity contribution in [3.05, 3.63) is 63.2 Å². The lowest BCUT2D eigenvalue weighted by molar-refractivity contribution is 0.528. The third-order valence-corrected chi connectivity index (χ3v) is 9.16. The van der Waals surface area contributed by atoms with E-state index in [2.05, 4.69) is 9.88 Å². The van der Waals surface area contributed by atoms with Crippen molar-refractivity contribution in [1.29, 1.82) is 0 Å². The van der Waals surface area contributed by atoms with E-state index in [1.54, 1.807) is 19.1 Å². The smallest absolute Gasteiger partial charge is 0.185 e. The SMILES string of the molecule is Cc1ccc(F)cc1S(=O)(=O)C1CCN(c2nc(-c3ccc(Cl)cc3Cl)cs2)CC1. The van der Waals surface area contributed by atoms with Crippen LogP contribution in [0.5, 0.6) is 0 Å². The summed E-state index contributed by atoms with van der Waals surface area (Å²) >= 11 is 13.7. The first-order valence-corrected chi connectivity index (χ1v) is 12.6. The zero-order valence-electron chi connectivity index (χ0n) is 16.1. The minimum Gasteiger partial charge on any atom is -0.348 e. The van der Waals surface area contributed by atoms with E-state index in [9.17, 15) is 12.8 Å². The fourth-order valence-corrected chi connectivity index (χ4v) is 7.02. The summed E-state index contributed by atoms with van der Waals surface area (Å²) in [5.41, 5.74) is 2.15. The van der Waals surface area contributed by atoms with Gasteiger partial charge in [0.1, 0.15) is 5.82 Å². The quantitative estimate of drug-likeness (QED) is 0.455. The Labute approximate surface area is 189 Å². The van der Waals surface area contributed by atoms with Gasteiger partial charge in [-0.1, -0.05) is 29.3 Å². The van der Waals surface area contributed by atoms with Crippen LogP contribution in [0.4, 0.5) is 9.52 Å². The second-order valence-electron chi connectivity index (χ2n) is 7.28. The summed E-state index contributed by atoms with van der Waals surface area (Å²) in [7, 11) is -3.58. The average Bonchev–Trinajstić information content (AvgIpc) is 3.19. The van der Waals surface area contributed by atoms with Crippen molar-refractivity contribution < 1.29 is 12.8 Å². The Morgan fingerprint density at radius 3 is 2.57 bits per heavy atom. The summed E-state index contributed by atoms with van der Waals surface area (Å²) < 4.78 is 39.7. The van der Waals surface area contributed by atoms with Gasteiger partial charge in [0, 0.05) is 29.1 Å². The Morgan fingerprint density at radius 2 is 1.87 bits per heavy atom. The number of aryl methyl sites for hydroxylation is 1. The number of benzene rings is 2. The Balaban J connectivity index is 1.49. The van der Waals surface area contributed by atoms with Gasteiger partial charge in [-0.15, -0.1) is 11.3 Å². The van der Waals surface area contributed by atoms with Crippen LogP contribution in [-0.2, 0) is 9.84 Å². The van der Waals surface area contributed by atoms with E-state index >= 15 is 0 Å². The molecule has 0 saturated carbocycles. The number of nitrogens with zero attached hydrogens (tertiary/aromatic N) is 2. The number of sulfone groups is 1. The highest BCUT2D eigenvalue weighted by Crippen LogP contribution is 2.35. The maximum atomic E-state index is 13.6. The second kappa shape index (κ2) is 8.46. The van der Waals surface area contributed by atoms with Crippen molar-refractivity contribution >= 4 is 49.5 Å². The summed E-state index contributed by atoms with van der Waals surface area (Å²) in [6.45, 7) is 2.83. The Bertz CT molecular complexity index is 1190. The van der Waals surface area contributed by atoms with Gasteiger partial charge < -0.3 is 4.90 Å². The highest BCUT2D eigenvalue weighted by Gasteiger charge is 2.33. The van der Waals surface area contributed by atoms with Crippen LogP contribution in [0.2, 0.25) is 10.0 Å². The summed E-state index contributed by atoms with van der Waals surface area (Å²) in [6, 6.07) is 9.21. The first kappa shape index (κ1) is 21.6. The highest BCUT2D eigenvalue weighted by molar-refractivity contribution is 7.92. The molecule has 0 bridgehead atoms. The largest absolute Gasteiger partial charge is 0.348 e. The Kier molecular flexibility index (Phi) is 6.08. The molecule has 1 aliphatic rings. The van der Waals surface area contributed by atoms with Crippen molar-refractivity contribution in [1.82, 2.24) is 4.98 Å². The molecule has 0 amide bonds. The Morgan fingerprint density at radius 1 is 1.13 bits per heavy atom. The highest BCUT2D eigenvalue weighted by atomic mass is 35.5. The van der Waals surface area contributed by atoms with Crippen molar-refractivity contribution in [3.63, 3.8) is 0 Å². The van der Waals surface area contributed by atoms with E-state index in [0.29, 0.717) is 41.5 Å². The summed E-state index contributed by atoms with van der Waals surface area (Å²) in [6.07, 6.45) is 0.934. The molecule has 158 valence electrons. The van der Waals surface area contributed by atoms with Crippen LogP contribution in [-0.4, -0.2) is 31.7 Å². The number of hydrogen-bond acceptors (Lipinski definition) is 5. The number of piperidine rings is 1. The molecule has 1 aromatic heterocycles. The van der Waals surface area contributed by atoms with Crippen molar-refractivity contribution in [3.8, 4) is 11.3 Å². The summed E-state index contributed by atoms with van der Waals surface area (Å²) in [5, 5.41) is 3.34. The molecular formula is C21H19Cl2FN2O2S2. The fraction of sp³-hybridized carbons (Fsp3) is 0.286. The van der Waals surface area contributed by atoms with Crippen LogP contribution in [0.15, 0.2) is 46.7 Å². The zero-order valence-corrected chi connectivity index (χ0v) is 19.3. The van der Waals surface area contributed by atoms with Crippen molar-refractivity contribution in [2.75, 3.05) is 18.0 Å². The first-order chi connectivity index (χ1) is 14.3. The number of thiazole rings is 1. The molecule has 1 fully saturated rings. The number of anilines is 1. The van der Waals surface area contributed by atoms with Crippen LogP contribution in [0, 0.1) is 12.7 Å². The monoisotopic (exact) mass is 484 g/mol. The molecule has 4 rings (SSSR count). The van der Waals surface area contributed by atoms with E-state index in [0.717, 1.165) is 22.5 Å². The minimum absolute atomic E-state index is 0.0925. The molecule has 3 aromatic rings. The van der Waals surface area contributed by atoms with Gasteiger partial charge in [0.25, 0.3) is 0 Å². The van der Waals surface area contributed by atoms with Gasteiger partial charge in [0.15, 0.2) is 15.0 Å². The third-order valence-electron chi connectivity index (χ3n) is 5.31. The molecule has 1 aliphatic heterocycles. The van der Waals surface area contributed by atoms with E-state index in [4.69, 9.17) is 23.2 Å². The maximum absolute atomic E-state index is 13.6. The molecule has 0 spiro atoms. The van der Waals surface area contributed by atoms with Gasteiger partial charge in [-0.3, -0.25) is 0 Å². The van der Waals surface area contributed by atoms with Gasteiger partial charge in [-0.2, -0.15) is 0 Å². The summed E-state index contributed by atoms with van der Waals surface area (Å²) in [5.74, 6) is -0.534. The number of aromatic nitrogens is 1. The predicted molar refractivity (Wildman–Crippen MR) is 121 cm³/mol. The van der Waals surface area contributed by atoms with E-state index < -0.39 is 20.9 Å². The number of rotatable bonds is 4. The van der Waals surface area contributed by atoms with E-state index in [1.807, 2.05) is 11.4 Å². The zero-order chi connectivity index (χ0) is 21.5. The molecule has 30 heavy (non-hydrogen) atoms. The Hall–Kier alpha value is -1.67. The summed E-state index contributed by atoms with van der Waals surface area (Å²) in [4.78, 5) is 6.86. The van der Waals surface area contributed by atoms with Gasteiger partial charge in [0.2, 0.25) is 0 Å². The van der Waals surface area contributed by atoms with Crippen LogP contribution < -0.4 is 4.90 Å². The number of hydrogen-bond donors (Lipinski definition) is 0. The van der Waals surface area contributed by atoms with Crippen LogP contribution in [0.3, 0.4) is 0 Å². The minimum atomic E-state index is -3.58. The lowest BCUT2D eigenvalue weighted by Gasteiger charge is -2.31. The van der Waals surface area contributed by atoms with Crippen molar-refractivity contribution in [2.45, 2.75) is 29.9 Å². The fourth-order valence-electron chi connectivity index (χ4n) is 3.65. The van der Waals surface area contributed by atoms with Crippen LogP contribution in [0.1, 0.15) is 18.4 Å². The molecule has 2 aromatic carbocycles. The number of halogens is 3. The third kappa shape index (κ3) is 4.21. The molecule has 4 nitrogen and oxygen atoms in total. The molecule has 2 heterocycles. The standard InChI is InChI=1S/C21H19Cl2FN2O2S2/c1-13-2-4-15(24)11-20(13)30(27,28)16-6-8-26(9-7-16)21-25-19(12-29-21)17-5-3-14(22)10-18(17)23/h2-5,10-12,16H,6-9H2,1H3. The maximum Gasteiger partial charge on any atom is 0.185 e. The molecule has 0 unspecified atom stereocenters. The lowest BCUT2D eigenvalue weighted by Crippen LogP contribution is -2.39. The molecule has 0 N–H and O–H groups in total.